The minimum absolute atomic E-state index is 0.0466. The highest BCUT2D eigenvalue weighted by Gasteiger charge is 2.55. The highest BCUT2D eigenvalue weighted by Crippen LogP contribution is 2.55. The van der Waals surface area contributed by atoms with Gasteiger partial charge in [-0.05, 0) is 38.0 Å². The summed E-state index contributed by atoms with van der Waals surface area (Å²) in [6.07, 6.45) is 6.60. The molecule has 154 valence electrons. The van der Waals surface area contributed by atoms with Crippen LogP contribution >= 0.6 is 11.3 Å². The van der Waals surface area contributed by atoms with Gasteiger partial charge in [-0.15, -0.1) is 11.3 Å². The monoisotopic (exact) mass is 408 g/mol. The van der Waals surface area contributed by atoms with E-state index in [1.165, 1.54) is 11.3 Å². The van der Waals surface area contributed by atoms with Gasteiger partial charge in [0.15, 0.2) is 5.13 Å². The number of carbonyl (C=O) groups is 3. The predicted octanol–water partition coefficient (Wildman–Crippen LogP) is 2.47. The number of carbonyl (C=O) groups excluding carboxylic acids is 3. The third-order valence-corrected chi connectivity index (χ3v) is 6.54. The van der Waals surface area contributed by atoms with Gasteiger partial charge in [-0.25, -0.2) is 10.5 Å². The summed E-state index contributed by atoms with van der Waals surface area (Å²) in [6, 6.07) is -0.541. The molecule has 2 aliphatic rings. The fraction of sp³-hybridized carbons (Fsp3) is 0.684. The second kappa shape index (κ2) is 8.57. The molecule has 3 N–H and O–H groups in total. The van der Waals surface area contributed by atoms with Gasteiger partial charge in [-0.1, -0.05) is 19.8 Å². The molecule has 3 rings (SSSR count). The van der Waals surface area contributed by atoms with Gasteiger partial charge < -0.3 is 10.2 Å². The zero-order valence-corrected chi connectivity index (χ0v) is 17.2. The van der Waals surface area contributed by atoms with E-state index in [4.69, 9.17) is 5.21 Å². The average Bonchev–Trinajstić information content (AvgIpc) is 3.12. The Balaban J connectivity index is 1.74. The Bertz CT molecular complexity index is 746. The number of aromatic nitrogens is 1. The molecule has 1 aromatic rings. The molecule has 0 radical (unpaired) electrons. The first-order chi connectivity index (χ1) is 13.4. The quantitative estimate of drug-likeness (QED) is 0.452. The molecule has 28 heavy (non-hydrogen) atoms. The van der Waals surface area contributed by atoms with Gasteiger partial charge in [-0.2, -0.15) is 0 Å². The molecule has 1 aliphatic carbocycles. The number of hydrogen-bond donors (Lipinski definition) is 3. The lowest BCUT2D eigenvalue weighted by Crippen LogP contribution is -2.46. The fourth-order valence-electron chi connectivity index (χ4n) is 3.93. The molecular formula is C19H28N4O4S. The average molecular weight is 409 g/mol. The van der Waals surface area contributed by atoms with E-state index < -0.39 is 17.9 Å². The van der Waals surface area contributed by atoms with Gasteiger partial charge in [0, 0.05) is 30.0 Å². The number of unbranched alkanes of at least 4 members (excludes halogenated alkanes) is 1. The van der Waals surface area contributed by atoms with Crippen molar-refractivity contribution in [3.63, 3.8) is 0 Å². The summed E-state index contributed by atoms with van der Waals surface area (Å²) in [7, 11) is 0. The number of hydrogen-bond acceptors (Lipinski definition) is 6. The maximum atomic E-state index is 13.3. The highest BCUT2D eigenvalue weighted by atomic mass is 32.1. The molecule has 9 heteroatoms. The SMILES string of the molecule is CCCC[C@H](CC(=O)NO)C(=O)N1CC2(CC2)C[C@H]1C(=O)Nc1ncc(C)s1. The topological polar surface area (TPSA) is 112 Å². The number of hydroxylamine groups is 1. The largest absolute Gasteiger partial charge is 0.330 e. The van der Waals surface area contributed by atoms with Crippen LogP contribution in [0.15, 0.2) is 6.20 Å². The molecule has 1 saturated heterocycles. The normalized spacial score (nSPS) is 20.8. The van der Waals surface area contributed by atoms with Crippen molar-refractivity contribution in [1.29, 1.82) is 0 Å². The van der Waals surface area contributed by atoms with E-state index in [0.717, 1.165) is 30.6 Å². The van der Waals surface area contributed by atoms with Gasteiger partial charge in [0.25, 0.3) is 0 Å². The standard InChI is InChI=1S/C19H28N4O4S/c1-3-4-5-13(8-15(24)22-27)17(26)23-11-19(6-7-19)9-14(23)16(25)21-18-20-10-12(2)28-18/h10,13-14,27H,3-9,11H2,1-2H3,(H,22,24)(H,20,21,25)/t13-,14+/m1/s1. The second-order valence-electron chi connectivity index (χ2n) is 8.03. The molecule has 1 aliphatic heterocycles. The van der Waals surface area contributed by atoms with E-state index >= 15 is 0 Å². The molecule has 2 fully saturated rings. The van der Waals surface area contributed by atoms with Crippen LogP contribution in [-0.4, -0.2) is 45.4 Å². The Kier molecular flexibility index (Phi) is 6.34. The van der Waals surface area contributed by atoms with Crippen molar-refractivity contribution in [1.82, 2.24) is 15.4 Å². The van der Waals surface area contributed by atoms with E-state index in [9.17, 15) is 14.4 Å². The smallest absolute Gasteiger partial charge is 0.248 e. The molecule has 0 bridgehead atoms. The van der Waals surface area contributed by atoms with Crippen LogP contribution in [-0.2, 0) is 14.4 Å². The summed E-state index contributed by atoms with van der Waals surface area (Å²) >= 11 is 1.40. The van der Waals surface area contributed by atoms with Crippen LogP contribution in [0.1, 0.15) is 56.7 Å². The summed E-state index contributed by atoms with van der Waals surface area (Å²) in [6.45, 7) is 4.50. The number of likely N-dealkylation sites (tertiary alicyclic amines) is 1. The summed E-state index contributed by atoms with van der Waals surface area (Å²) in [4.78, 5) is 44.7. The predicted molar refractivity (Wildman–Crippen MR) is 105 cm³/mol. The van der Waals surface area contributed by atoms with E-state index in [1.54, 1.807) is 16.6 Å². The van der Waals surface area contributed by atoms with Crippen molar-refractivity contribution in [3.05, 3.63) is 11.1 Å². The lowest BCUT2D eigenvalue weighted by Gasteiger charge is -2.28. The van der Waals surface area contributed by atoms with Crippen molar-refractivity contribution in [2.45, 2.75) is 64.8 Å². The Morgan fingerprint density at radius 2 is 2.18 bits per heavy atom. The summed E-state index contributed by atoms with van der Waals surface area (Å²) in [5.74, 6) is -1.49. The summed E-state index contributed by atoms with van der Waals surface area (Å²) < 4.78 is 0. The number of rotatable bonds is 8. The van der Waals surface area contributed by atoms with Crippen molar-refractivity contribution in [2.75, 3.05) is 11.9 Å². The molecule has 3 amide bonds. The van der Waals surface area contributed by atoms with Crippen LogP contribution < -0.4 is 10.8 Å². The van der Waals surface area contributed by atoms with E-state index in [2.05, 4.69) is 10.3 Å². The number of nitrogens with zero attached hydrogens (tertiary/aromatic N) is 2. The third-order valence-electron chi connectivity index (χ3n) is 5.71. The highest BCUT2D eigenvalue weighted by molar-refractivity contribution is 7.15. The molecule has 0 unspecified atom stereocenters. The van der Waals surface area contributed by atoms with Crippen molar-refractivity contribution < 1.29 is 19.6 Å². The number of anilines is 1. The fourth-order valence-corrected chi connectivity index (χ4v) is 4.60. The zero-order valence-electron chi connectivity index (χ0n) is 16.4. The molecule has 1 saturated carbocycles. The Hall–Kier alpha value is -2.00. The van der Waals surface area contributed by atoms with Gasteiger partial charge in [0.2, 0.25) is 17.7 Å². The number of amides is 3. The minimum atomic E-state index is -0.575. The summed E-state index contributed by atoms with van der Waals surface area (Å²) in [5.41, 5.74) is 1.67. The van der Waals surface area contributed by atoms with Crippen LogP contribution in [0.25, 0.3) is 0 Å². The van der Waals surface area contributed by atoms with Gasteiger partial charge in [0.05, 0.1) is 0 Å². The molecular weight excluding hydrogens is 380 g/mol. The van der Waals surface area contributed by atoms with Crippen LogP contribution in [0.3, 0.4) is 0 Å². The minimum Gasteiger partial charge on any atom is -0.330 e. The lowest BCUT2D eigenvalue weighted by atomic mass is 9.96. The van der Waals surface area contributed by atoms with Crippen molar-refractivity contribution >= 4 is 34.2 Å². The zero-order chi connectivity index (χ0) is 20.3. The van der Waals surface area contributed by atoms with E-state index in [0.29, 0.717) is 24.5 Å². The maximum Gasteiger partial charge on any atom is 0.248 e. The Labute approximate surface area is 168 Å². The third kappa shape index (κ3) is 4.70. The van der Waals surface area contributed by atoms with Crippen molar-refractivity contribution in [3.8, 4) is 0 Å². The Morgan fingerprint density at radius 3 is 2.75 bits per heavy atom. The van der Waals surface area contributed by atoms with Crippen molar-refractivity contribution in [2.24, 2.45) is 11.3 Å². The lowest BCUT2D eigenvalue weighted by molar-refractivity contribution is -0.143. The second-order valence-corrected chi connectivity index (χ2v) is 9.26. The molecule has 2 atom stereocenters. The molecule has 0 aromatic carbocycles. The molecule has 2 heterocycles. The van der Waals surface area contributed by atoms with Crippen LogP contribution in [0.5, 0.6) is 0 Å². The number of nitrogens with one attached hydrogen (secondary N) is 2. The first-order valence-corrected chi connectivity index (χ1v) is 10.7. The summed E-state index contributed by atoms with van der Waals surface area (Å²) in [5, 5.41) is 12.2. The first kappa shape index (κ1) is 20.7. The number of aryl methyl sites for hydroxylation is 1. The van der Waals surface area contributed by atoms with Gasteiger partial charge in [-0.3, -0.25) is 19.6 Å². The van der Waals surface area contributed by atoms with Crippen LogP contribution in [0.4, 0.5) is 5.13 Å². The molecule has 1 aromatic heterocycles. The number of thiazole rings is 1. The van der Waals surface area contributed by atoms with E-state index in [1.807, 2.05) is 13.8 Å². The van der Waals surface area contributed by atoms with Crippen LogP contribution in [0, 0.1) is 18.3 Å². The molecule has 1 spiro atoms. The Morgan fingerprint density at radius 1 is 1.43 bits per heavy atom. The van der Waals surface area contributed by atoms with Gasteiger partial charge >= 0.3 is 0 Å². The first-order valence-electron chi connectivity index (χ1n) is 9.84. The maximum absolute atomic E-state index is 13.3. The van der Waals surface area contributed by atoms with E-state index in [-0.39, 0.29) is 23.7 Å². The van der Waals surface area contributed by atoms with Crippen LogP contribution in [0.2, 0.25) is 0 Å². The van der Waals surface area contributed by atoms with Gasteiger partial charge in [0.1, 0.15) is 6.04 Å². The molecule has 8 nitrogen and oxygen atoms in total.